The summed E-state index contributed by atoms with van der Waals surface area (Å²) in [4.78, 5) is 26.2. The third-order valence-corrected chi connectivity index (χ3v) is 5.95. The second-order valence-corrected chi connectivity index (χ2v) is 7.81. The molecule has 0 saturated heterocycles. The lowest BCUT2D eigenvalue weighted by Crippen LogP contribution is -2.28. The van der Waals surface area contributed by atoms with Gasteiger partial charge in [-0.1, -0.05) is 69.3 Å². The number of rotatable bonds is 8. The molecule has 0 aliphatic rings. The molecule has 31 heavy (non-hydrogen) atoms. The fourth-order valence-corrected chi connectivity index (χ4v) is 4.18. The quantitative estimate of drug-likeness (QED) is 0.539. The van der Waals surface area contributed by atoms with Crippen molar-refractivity contribution in [3.8, 4) is 0 Å². The van der Waals surface area contributed by atoms with E-state index in [-0.39, 0.29) is 16.9 Å². The highest BCUT2D eigenvalue weighted by molar-refractivity contribution is 6.05. The summed E-state index contributed by atoms with van der Waals surface area (Å²) in [5.41, 5.74) is 5.95. The third-order valence-electron chi connectivity index (χ3n) is 5.95. The molecule has 4 heteroatoms. The van der Waals surface area contributed by atoms with Gasteiger partial charge in [0.05, 0.1) is 0 Å². The van der Waals surface area contributed by atoms with Crippen LogP contribution in [0.1, 0.15) is 59.2 Å². The van der Waals surface area contributed by atoms with Crippen molar-refractivity contribution in [3.63, 3.8) is 0 Å². The van der Waals surface area contributed by atoms with Gasteiger partial charge >= 0.3 is 0 Å². The lowest BCUT2D eigenvalue weighted by Gasteiger charge is -2.20. The van der Waals surface area contributed by atoms with Crippen LogP contribution in [-0.4, -0.2) is 10.5 Å². The summed E-state index contributed by atoms with van der Waals surface area (Å²) in [5, 5.41) is 3.07. The molecule has 1 heterocycles. The SMILES string of the molecule is CCc1cccc(CC)c1NC(=O)c1c(C)n(CCc2ccccc2)c(CC)cc1=O. The summed E-state index contributed by atoms with van der Waals surface area (Å²) in [6, 6.07) is 18.0. The first-order valence-corrected chi connectivity index (χ1v) is 11.2. The van der Waals surface area contributed by atoms with E-state index in [1.807, 2.05) is 50.2 Å². The second kappa shape index (κ2) is 10.3. The highest BCUT2D eigenvalue weighted by atomic mass is 16.2. The predicted molar refractivity (Wildman–Crippen MR) is 128 cm³/mol. The predicted octanol–water partition coefficient (Wildman–Crippen LogP) is 5.34. The van der Waals surface area contributed by atoms with Crippen molar-refractivity contribution in [1.82, 2.24) is 4.57 Å². The summed E-state index contributed by atoms with van der Waals surface area (Å²) < 4.78 is 2.12. The number of pyridine rings is 1. The molecule has 0 unspecified atom stereocenters. The zero-order valence-electron chi connectivity index (χ0n) is 19.0. The van der Waals surface area contributed by atoms with E-state index < -0.39 is 0 Å². The lowest BCUT2D eigenvalue weighted by molar-refractivity contribution is 0.102. The van der Waals surface area contributed by atoms with Gasteiger partial charge < -0.3 is 9.88 Å². The Bertz CT molecular complexity index is 1090. The molecule has 162 valence electrons. The van der Waals surface area contributed by atoms with Crippen LogP contribution in [0.3, 0.4) is 0 Å². The van der Waals surface area contributed by atoms with Gasteiger partial charge in [-0.15, -0.1) is 0 Å². The number of carbonyl (C=O) groups is 1. The second-order valence-electron chi connectivity index (χ2n) is 7.81. The Kier molecular flexibility index (Phi) is 7.45. The molecule has 0 bridgehead atoms. The summed E-state index contributed by atoms with van der Waals surface area (Å²) in [7, 11) is 0. The van der Waals surface area contributed by atoms with Crippen LogP contribution in [0.2, 0.25) is 0 Å². The van der Waals surface area contributed by atoms with Crippen LogP contribution in [0, 0.1) is 6.92 Å². The minimum atomic E-state index is -0.325. The Morgan fingerprint density at radius 3 is 2.13 bits per heavy atom. The molecule has 0 atom stereocenters. The van der Waals surface area contributed by atoms with Gasteiger partial charge in [-0.05, 0) is 49.3 Å². The van der Waals surface area contributed by atoms with E-state index in [4.69, 9.17) is 0 Å². The molecule has 0 saturated carbocycles. The van der Waals surface area contributed by atoms with Gasteiger partial charge in [0.15, 0.2) is 5.43 Å². The minimum Gasteiger partial charge on any atom is -0.347 e. The van der Waals surface area contributed by atoms with E-state index in [0.717, 1.165) is 60.4 Å². The van der Waals surface area contributed by atoms with E-state index in [1.165, 1.54) is 5.56 Å². The van der Waals surface area contributed by atoms with Crippen LogP contribution >= 0.6 is 0 Å². The number of hydrogen-bond acceptors (Lipinski definition) is 2. The molecule has 2 aromatic carbocycles. The molecule has 1 amide bonds. The number of para-hydroxylation sites is 1. The first kappa shape index (κ1) is 22.5. The molecule has 0 fully saturated rings. The van der Waals surface area contributed by atoms with Gasteiger partial charge in [0, 0.05) is 29.7 Å². The van der Waals surface area contributed by atoms with Crippen molar-refractivity contribution < 1.29 is 4.79 Å². The van der Waals surface area contributed by atoms with Crippen molar-refractivity contribution in [3.05, 3.63) is 98.5 Å². The molecular formula is C27H32N2O2. The van der Waals surface area contributed by atoms with Crippen molar-refractivity contribution in [1.29, 1.82) is 0 Å². The average molecular weight is 417 g/mol. The molecule has 4 nitrogen and oxygen atoms in total. The molecule has 0 aliphatic heterocycles. The van der Waals surface area contributed by atoms with Gasteiger partial charge in [0.1, 0.15) is 5.56 Å². The highest BCUT2D eigenvalue weighted by Gasteiger charge is 2.20. The topological polar surface area (TPSA) is 51.1 Å². The van der Waals surface area contributed by atoms with E-state index in [9.17, 15) is 9.59 Å². The first-order chi connectivity index (χ1) is 15.0. The largest absolute Gasteiger partial charge is 0.347 e. The molecule has 0 radical (unpaired) electrons. The molecule has 3 aromatic rings. The Labute approximate surface area is 184 Å². The Morgan fingerprint density at radius 2 is 1.55 bits per heavy atom. The van der Waals surface area contributed by atoms with Crippen LogP contribution in [-0.2, 0) is 32.2 Å². The van der Waals surface area contributed by atoms with E-state index in [1.54, 1.807) is 6.07 Å². The summed E-state index contributed by atoms with van der Waals surface area (Å²) >= 11 is 0. The number of nitrogens with one attached hydrogen (secondary N) is 1. The fourth-order valence-electron chi connectivity index (χ4n) is 4.18. The number of benzene rings is 2. The zero-order chi connectivity index (χ0) is 22.4. The zero-order valence-corrected chi connectivity index (χ0v) is 19.0. The van der Waals surface area contributed by atoms with E-state index in [0.29, 0.717) is 0 Å². The molecule has 3 rings (SSSR count). The maximum atomic E-state index is 13.3. The minimum absolute atomic E-state index is 0.213. The number of nitrogens with zero attached hydrogens (tertiary/aromatic N) is 1. The Balaban J connectivity index is 1.98. The monoisotopic (exact) mass is 416 g/mol. The Morgan fingerprint density at radius 1 is 0.903 bits per heavy atom. The standard InChI is InChI=1S/C27H32N2O2/c1-5-21-14-11-15-22(6-2)26(21)28-27(31)25-19(4)29(23(7-3)18-24(25)30)17-16-20-12-9-8-10-13-20/h8-15,18H,5-7,16-17H2,1-4H3,(H,28,31). The molecule has 0 aliphatic carbocycles. The number of aryl methyl sites for hydroxylation is 4. The van der Waals surface area contributed by atoms with Gasteiger partial charge in [-0.3, -0.25) is 9.59 Å². The van der Waals surface area contributed by atoms with Crippen molar-refractivity contribution in [2.45, 2.75) is 59.9 Å². The maximum absolute atomic E-state index is 13.3. The molecule has 0 spiro atoms. The molecular weight excluding hydrogens is 384 g/mol. The first-order valence-electron chi connectivity index (χ1n) is 11.2. The van der Waals surface area contributed by atoms with E-state index >= 15 is 0 Å². The van der Waals surface area contributed by atoms with Crippen LogP contribution in [0.25, 0.3) is 0 Å². The lowest BCUT2D eigenvalue weighted by atomic mass is 10.0. The summed E-state index contributed by atoms with van der Waals surface area (Å²) in [5.74, 6) is -0.325. The van der Waals surface area contributed by atoms with E-state index in [2.05, 4.69) is 35.9 Å². The summed E-state index contributed by atoms with van der Waals surface area (Å²) in [6.07, 6.45) is 3.22. The van der Waals surface area contributed by atoms with Crippen LogP contribution in [0.5, 0.6) is 0 Å². The number of carbonyl (C=O) groups excluding carboxylic acids is 1. The maximum Gasteiger partial charge on any atom is 0.261 e. The van der Waals surface area contributed by atoms with Gasteiger partial charge in [-0.25, -0.2) is 0 Å². The van der Waals surface area contributed by atoms with Gasteiger partial charge in [0.25, 0.3) is 5.91 Å². The van der Waals surface area contributed by atoms with Crippen LogP contribution in [0.15, 0.2) is 59.4 Å². The highest BCUT2D eigenvalue weighted by Crippen LogP contribution is 2.23. The van der Waals surface area contributed by atoms with Gasteiger partial charge in [0.2, 0.25) is 0 Å². The third kappa shape index (κ3) is 4.96. The molecule has 1 aromatic heterocycles. The average Bonchev–Trinajstić information content (AvgIpc) is 2.78. The van der Waals surface area contributed by atoms with Crippen LogP contribution < -0.4 is 10.7 Å². The smallest absolute Gasteiger partial charge is 0.261 e. The van der Waals surface area contributed by atoms with Gasteiger partial charge in [-0.2, -0.15) is 0 Å². The number of aromatic nitrogens is 1. The summed E-state index contributed by atoms with van der Waals surface area (Å²) in [6.45, 7) is 8.79. The molecule has 1 N–H and O–H groups in total. The Hall–Kier alpha value is -3.14. The fraction of sp³-hybridized carbons (Fsp3) is 0.333. The number of hydrogen-bond donors (Lipinski definition) is 1. The normalized spacial score (nSPS) is 10.8. The number of anilines is 1. The number of amides is 1. The van der Waals surface area contributed by atoms with Crippen molar-refractivity contribution in [2.75, 3.05) is 5.32 Å². The van der Waals surface area contributed by atoms with Crippen LogP contribution in [0.4, 0.5) is 5.69 Å². The van der Waals surface area contributed by atoms with Crippen molar-refractivity contribution >= 4 is 11.6 Å². The van der Waals surface area contributed by atoms with Crippen molar-refractivity contribution in [2.24, 2.45) is 0 Å².